The fourth-order valence-corrected chi connectivity index (χ4v) is 3.47. The van der Waals surface area contributed by atoms with Crippen molar-refractivity contribution in [1.29, 1.82) is 0 Å². The molecule has 5 nitrogen and oxygen atoms in total. The van der Waals surface area contributed by atoms with Crippen molar-refractivity contribution >= 4 is 0 Å². The van der Waals surface area contributed by atoms with Crippen LogP contribution in [0.5, 0.6) is 0 Å². The number of ether oxygens (including phenoxy) is 2. The van der Waals surface area contributed by atoms with Gasteiger partial charge in [-0.05, 0) is 32.1 Å². The van der Waals surface area contributed by atoms with Gasteiger partial charge in [0, 0.05) is 6.61 Å². The molecule has 3 N–H and O–H groups in total. The molecule has 0 aromatic rings. The van der Waals surface area contributed by atoms with Crippen LogP contribution in [-0.4, -0.2) is 59.6 Å². The van der Waals surface area contributed by atoms with Gasteiger partial charge in [0.2, 0.25) is 0 Å². The number of unbranched alkanes of at least 4 members (excludes halogenated alkanes) is 10. The number of rotatable bonds is 17. The molecule has 1 fully saturated rings. The van der Waals surface area contributed by atoms with Gasteiger partial charge in [0.1, 0.15) is 24.4 Å². The zero-order valence-electron chi connectivity index (χ0n) is 17.2. The highest BCUT2D eigenvalue weighted by Crippen LogP contribution is 2.21. The van der Waals surface area contributed by atoms with Crippen LogP contribution in [0.25, 0.3) is 0 Å². The van der Waals surface area contributed by atoms with E-state index in [4.69, 9.17) is 14.6 Å². The van der Waals surface area contributed by atoms with Crippen molar-refractivity contribution in [3.63, 3.8) is 0 Å². The first-order chi connectivity index (χ1) is 13.2. The van der Waals surface area contributed by atoms with Crippen LogP contribution in [0.15, 0.2) is 12.2 Å². The average Bonchev–Trinajstić information content (AvgIpc) is 3.04. The highest BCUT2D eigenvalue weighted by atomic mass is 16.6. The Morgan fingerprint density at radius 1 is 0.963 bits per heavy atom. The maximum atomic E-state index is 9.87. The Balaban J connectivity index is 1.91. The monoisotopic (exact) mass is 386 g/mol. The lowest BCUT2D eigenvalue weighted by molar-refractivity contribution is -0.0938. The summed E-state index contributed by atoms with van der Waals surface area (Å²) in [7, 11) is 0. The Hall–Kier alpha value is -0.460. The summed E-state index contributed by atoms with van der Waals surface area (Å²) in [5, 5.41) is 28.6. The van der Waals surface area contributed by atoms with E-state index in [1.807, 2.05) is 0 Å². The van der Waals surface area contributed by atoms with Crippen molar-refractivity contribution in [3.05, 3.63) is 12.2 Å². The van der Waals surface area contributed by atoms with E-state index in [2.05, 4.69) is 19.1 Å². The lowest BCUT2D eigenvalue weighted by Crippen LogP contribution is -2.42. The molecule has 27 heavy (non-hydrogen) atoms. The maximum absolute atomic E-state index is 9.87. The third-order valence-electron chi connectivity index (χ3n) is 5.20. The van der Waals surface area contributed by atoms with Crippen LogP contribution < -0.4 is 0 Å². The van der Waals surface area contributed by atoms with E-state index in [-0.39, 0.29) is 13.2 Å². The summed E-state index contributed by atoms with van der Waals surface area (Å²) in [5.41, 5.74) is 0. The van der Waals surface area contributed by atoms with Gasteiger partial charge >= 0.3 is 0 Å². The first kappa shape index (κ1) is 24.6. The molecule has 0 amide bonds. The molecule has 1 aliphatic rings. The van der Waals surface area contributed by atoms with Crippen LogP contribution in [0.3, 0.4) is 0 Å². The highest BCUT2D eigenvalue weighted by molar-refractivity contribution is 4.89. The Morgan fingerprint density at radius 3 is 2.19 bits per heavy atom. The fourth-order valence-electron chi connectivity index (χ4n) is 3.47. The zero-order valence-corrected chi connectivity index (χ0v) is 17.2. The van der Waals surface area contributed by atoms with Crippen LogP contribution in [0.4, 0.5) is 0 Å². The zero-order chi connectivity index (χ0) is 19.7. The van der Waals surface area contributed by atoms with Crippen LogP contribution in [0, 0.1) is 0 Å². The minimum atomic E-state index is -1.00. The molecule has 1 heterocycles. The van der Waals surface area contributed by atoms with Gasteiger partial charge in [-0.15, -0.1) is 0 Å². The minimum absolute atomic E-state index is 0.151. The third-order valence-corrected chi connectivity index (χ3v) is 5.20. The quantitative estimate of drug-likeness (QED) is 0.262. The van der Waals surface area contributed by atoms with Crippen molar-refractivity contribution < 1.29 is 24.8 Å². The maximum Gasteiger partial charge on any atom is 0.114 e. The van der Waals surface area contributed by atoms with E-state index in [0.29, 0.717) is 6.61 Å². The van der Waals surface area contributed by atoms with E-state index in [1.54, 1.807) is 0 Å². The molecule has 0 saturated carbocycles. The van der Waals surface area contributed by atoms with Gasteiger partial charge in [-0.2, -0.15) is 0 Å². The van der Waals surface area contributed by atoms with E-state index < -0.39 is 24.4 Å². The molecule has 160 valence electrons. The summed E-state index contributed by atoms with van der Waals surface area (Å²) >= 11 is 0. The number of hydrogen-bond acceptors (Lipinski definition) is 5. The standard InChI is InChI=1S/C22H42O5/c1-2-3-4-5-6-7-8-9-10-11-12-13-14-15-16-26-22-20(25)18-27-21(22)19(24)17-23/h8-9,19-25H,2-7,10-18H2,1H3/b9-8+/t19-,20+,21+,22+/m1/s1. The van der Waals surface area contributed by atoms with Crippen molar-refractivity contribution in [3.8, 4) is 0 Å². The predicted octanol–water partition coefficient (Wildman–Crippen LogP) is 3.74. The molecule has 0 aliphatic carbocycles. The van der Waals surface area contributed by atoms with Gasteiger partial charge in [0.05, 0.1) is 13.2 Å². The second-order valence-corrected chi connectivity index (χ2v) is 7.68. The molecular formula is C22H42O5. The molecule has 0 bridgehead atoms. The predicted molar refractivity (Wildman–Crippen MR) is 109 cm³/mol. The van der Waals surface area contributed by atoms with E-state index in [9.17, 15) is 10.2 Å². The lowest BCUT2D eigenvalue weighted by Gasteiger charge is -2.23. The number of hydrogen-bond donors (Lipinski definition) is 3. The number of aliphatic hydroxyl groups excluding tert-OH is 3. The molecular weight excluding hydrogens is 344 g/mol. The van der Waals surface area contributed by atoms with Crippen LogP contribution >= 0.6 is 0 Å². The Kier molecular flexibility index (Phi) is 15.0. The number of allylic oxidation sites excluding steroid dienone is 2. The summed E-state index contributed by atoms with van der Waals surface area (Å²) in [4.78, 5) is 0. The molecule has 1 saturated heterocycles. The molecule has 1 rings (SSSR count). The molecule has 1 aliphatic heterocycles. The fraction of sp³-hybridized carbons (Fsp3) is 0.909. The largest absolute Gasteiger partial charge is 0.394 e. The average molecular weight is 387 g/mol. The Labute approximate surface area is 165 Å². The van der Waals surface area contributed by atoms with E-state index in [1.165, 1.54) is 64.2 Å². The van der Waals surface area contributed by atoms with Crippen LogP contribution in [0.2, 0.25) is 0 Å². The van der Waals surface area contributed by atoms with E-state index in [0.717, 1.165) is 12.8 Å². The topological polar surface area (TPSA) is 79.2 Å². The highest BCUT2D eigenvalue weighted by Gasteiger charge is 2.40. The van der Waals surface area contributed by atoms with Crippen molar-refractivity contribution in [2.45, 2.75) is 108 Å². The van der Waals surface area contributed by atoms with E-state index >= 15 is 0 Å². The second-order valence-electron chi connectivity index (χ2n) is 7.68. The summed E-state index contributed by atoms with van der Waals surface area (Å²) in [6, 6.07) is 0. The van der Waals surface area contributed by atoms with Crippen molar-refractivity contribution in [1.82, 2.24) is 0 Å². The normalized spacial score (nSPS) is 24.1. The third kappa shape index (κ3) is 11.2. The minimum Gasteiger partial charge on any atom is -0.394 e. The smallest absolute Gasteiger partial charge is 0.114 e. The number of aliphatic hydroxyl groups is 3. The molecule has 5 heteroatoms. The Bertz CT molecular complexity index is 361. The van der Waals surface area contributed by atoms with Gasteiger partial charge in [-0.1, -0.05) is 64.0 Å². The summed E-state index contributed by atoms with van der Waals surface area (Å²) in [6.07, 6.45) is 16.6. The first-order valence-corrected chi connectivity index (χ1v) is 11.1. The molecule has 0 radical (unpaired) electrons. The molecule has 0 unspecified atom stereocenters. The summed E-state index contributed by atoms with van der Waals surface area (Å²) in [6.45, 7) is 2.57. The van der Waals surface area contributed by atoms with Gasteiger partial charge in [0.25, 0.3) is 0 Å². The second kappa shape index (κ2) is 16.5. The van der Waals surface area contributed by atoms with Gasteiger partial charge in [-0.3, -0.25) is 0 Å². The molecule has 0 spiro atoms. The van der Waals surface area contributed by atoms with Crippen LogP contribution in [0.1, 0.15) is 84.0 Å². The summed E-state index contributed by atoms with van der Waals surface area (Å²) < 4.78 is 11.0. The molecule has 0 aromatic heterocycles. The molecule has 4 atom stereocenters. The molecule has 0 aromatic carbocycles. The van der Waals surface area contributed by atoms with Gasteiger partial charge in [-0.25, -0.2) is 0 Å². The lowest BCUT2D eigenvalue weighted by atomic mass is 10.1. The van der Waals surface area contributed by atoms with Crippen LogP contribution in [-0.2, 0) is 9.47 Å². The van der Waals surface area contributed by atoms with Crippen molar-refractivity contribution in [2.75, 3.05) is 19.8 Å². The van der Waals surface area contributed by atoms with Gasteiger partial charge in [0.15, 0.2) is 0 Å². The summed E-state index contributed by atoms with van der Waals surface area (Å²) in [5.74, 6) is 0. The van der Waals surface area contributed by atoms with Crippen molar-refractivity contribution in [2.24, 2.45) is 0 Å². The Morgan fingerprint density at radius 2 is 1.56 bits per heavy atom. The first-order valence-electron chi connectivity index (χ1n) is 11.1. The SMILES string of the molecule is CCCCCCC/C=C/CCCCCCCO[C@@H]1[C@H]([C@H](O)CO)OC[C@@H]1O. The van der Waals surface area contributed by atoms with Gasteiger partial charge < -0.3 is 24.8 Å².